The molecular formula is C14H20N2O5S. The summed E-state index contributed by atoms with van der Waals surface area (Å²) in [7, 11) is -3.59. The number of carbonyl (C=O) groups is 1. The van der Waals surface area contributed by atoms with Crippen LogP contribution in [0.15, 0.2) is 18.2 Å². The van der Waals surface area contributed by atoms with Gasteiger partial charge in [-0.3, -0.25) is 4.79 Å². The number of benzene rings is 1. The molecule has 22 heavy (non-hydrogen) atoms. The highest BCUT2D eigenvalue weighted by Crippen LogP contribution is 2.32. The fourth-order valence-corrected chi connectivity index (χ4v) is 3.22. The molecule has 1 aliphatic heterocycles. The Morgan fingerprint density at radius 3 is 2.59 bits per heavy atom. The van der Waals surface area contributed by atoms with Crippen molar-refractivity contribution in [3.8, 4) is 11.5 Å². The van der Waals surface area contributed by atoms with Crippen LogP contribution in [0, 0.1) is 0 Å². The van der Waals surface area contributed by atoms with Gasteiger partial charge in [0.15, 0.2) is 11.5 Å². The highest BCUT2D eigenvalue weighted by atomic mass is 32.2. The van der Waals surface area contributed by atoms with Gasteiger partial charge in [0.2, 0.25) is 22.7 Å². The van der Waals surface area contributed by atoms with Crippen molar-refractivity contribution in [2.75, 3.05) is 26.4 Å². The molecular weight excluding hydrogens is 308 g/mol. The van der Waals surface area contributed by atoms with Crippen LogP contribution >= 0.6 is 0 Å². The average molecular weight is 328 g/mol. The fraction of sp³-hybridized carbons (Fsp3) is 0.500. The summed E-state index contributed by atoms with van der Waals surface area (Å²) in [6.45, 7) is 4.72. The number of hydrogen-bond donors (Lipinski definition) is 1. The van der Waals surface area contributed by atoms with Gasteiger partial charge in [-0.2, -0.15) is 0 Å². The Labute approximate surface area is 130 Å². The summed E-state index contributed by atoms with van der Waals surface area (Å²) >= 11 is 0. The lowest BCUT2D eigenvalue weighted by atomic mass is 10.2. The van der Waals surface area contributed by atoms with Crippen molar-refractivity contribution in [2.24, 2.45) is 0 Å². The molecule has 0 unspecified atom stereocenters. The molecule has 0 atom stereocenters. The molecule has 1 heterocycles. The second-order valence-electron chi connectivity index (χ2n) is 4.83. The molecule has 1 aliphatic rings. The number of hydrogen-bond acceptors (Lipinski definition) is 5. The van der Waals surface area contributed by atoms with Gasteiger partial charge in [-0.1, -0.05) is 6.07 Å². The van der Waals surface area contributed by atoms with E-state index in [1.165, 1.54) is 0 Å². The number of amides is 1. The van der Waals surface area contributed by atoms with Crippen molar-refractivity contribution in [2.45, 2.75) is 19.6 Å². The van der Waals surface area contributed by atoms with Crippen molar-refractivity contribution >= 4 is 15.9 Å². The predicted octanol–water partition coefficient (Wildman–Crippen LogP) is 0.703. The minimum atomic E-state index is -3.59. The quantitative estimate of drug-likeness (QED) is 0.796. The summed E-state index contributed by atoms with van der Waals surface area (Å²) in [5, 5.41) is 0. The third-order valence-corrected chi connectivity index (χ3v) is 4.65. The number of sulfonamides is 1. The van der Waals surface area contributed by atoms with Crippen LogP contribution in [-0.2, 0) is 20.6 Å². The average Bonchev–Trinajstić information content (AvgIpc) is 2.93. The van der Waals surface area contributed by atoms with Crippen LogP contribution in [0.2, 0.25) is 0 Å². The molecule has 122 valence electrons. The van der Waals surface area contributed by atoms with E-state index in [1.807, 2.05) is 13.8 Å². The monoisotopic (exact) mass is 328 g/mol. The molecule has 0 fully saturated rings. The smallest absolute Gasteiger partial charge is 0.237 e. The molecule has 1 N–H and O–H groups in total. The molecule has 1 aromatic carbocycles. The van der Waals surface area contributed by atoms with Gasteiger partial charge in [0.05, 0.1) is 12.3 Å². The highest BCUT2D eigenvalue weighted by molar-refractivity contribution is 7.88. The Hall–Kier alpha value is -1.80. The first-order valence-corrected chi connectivity index (χ1v) is 8.74. The van der Waals surface area contributed by atoms with Crippen LogP contribution in [-0.4, -0.2) is 45.7 Å². The Morgan fingerprint density at radius 2 is 1.91 bits per heavy atom. The van der Waals surface area contributed by atoms with E-state index in [-0.39, 0.29) is 25.0 Å². The normalized spacial score (nSPS) is 13.2. The maximum absolute atomic E-state index is 12.0. The Morgan fingerprint density at radius 1 is 1.23 bits per heavy atom. The zero-order chi connectivity index (χ0) is 16.2. The van der Waals surface area contributed by atoms with E-state index in [1.54, 1.807) is 23.1 Å². The van der Waals surface area contributed by atoms with E-state index in [9.17, 15) is 13.2 Å². The molecule has 7 nitrogen and oxygen atoms in total. The van der Waals surface area contributed by atoms with Crippen molar-refractivity contribution < 1.29 is 22.7 Å². The van der Waals surface area contributed by atoms with Crippen LogP contribution in [0.1, 0.15) is 19.4 Å². The molecule has 0 radical (unpaired) electrons. The van der Waals surface area contributed by atoms with Gasteiger partial charge in [0, 0.05) is 13.1 Å². The SMILES string of the molecule is CCN(CC)C(=O)CNS(=O)(=O)Cc1ccc2c(c1)OCO2. The largest absolute Gasteiger partial charge is 0.454 e. The lowest BCUT2D eigenvalue weighted by Gasteiger charge is -2.18. The summed E-state index contributed by atoms with van der Waals surface area (Å²) < 4.78 is 36.8. The van der Waals surface area contributed by atoms with Gasteiger partial charge in [-0.25, -0.2) is 13.1 Å². The van der Waals surface area contributed by atoms with E-state index in [2.05, 4.69) is 4.72 Å². The topological polar surface area (TPSA) is 84.9 Å². The minimum Gasteiger partial charge on any atom is -0.454 e. The summed E-state index contributed by atoms with van der Waals surface area (Å²) in [5.41, 5.74) is 0.576. The molecule has 0 spiro atoms. The van der Waals surface area contributed by atoms with Gasteiger partial charge < -0.3 is 14.4 Å². The van der Waals surface area contributed by atoms with Gasteiger partial charge in [-0.15, -0.1) is 0 Å². The Bertz CT molecular complexity index is 641. The van der Waals surface area contributed by atoms with Crippen LogP contribution < -0.4 is 14.2 Å². The maximum atomic E-state index is 12.0. The van der Waals surface area contributed by atoms with Crippen molar-refractivity contribution in [1.82, 2.24) is 9.62 Å². The van der Waals surface area contributed by atoms with Crippen LogP contribution in [0.4, 0.5) is 0 Å². The molecule has 0 bridgehead atoms. The number of likely N-dealkylation sites (N-methyl/N-ethyl adjacent to an activating group) is 1. The predicted molar refractivity (Wildman–Crippen MR) is 81.1 cm³/mol. The first-order chi connectivity index (χ1) is 10.4. The summed E-state index contributed by atoms with van der Waals surface area (Å²) in [6, 6.07) is 4.97. The van der Waals surface area contributed by atoms with Gasteiger partial charge in [0.1, 0.15) is 0 Å². The van der Waals surface area contributed by atoms with Gasteiger partial charge in [0.25, 0.3) is 0 Å². The standard InChI is InChI=1S/C14H20N2O5S/c1-3-16(4-2)14(17)8-15-22(18,19)9-11-5-6-12-13(7-11)21-10-20-12/h5-7,15H,3-4,8-10H2,1-2H3. The Balaban J connectivity index is 1.95. The first-order valence-electron chi connectivity index (χ1n) is 7.08. The molecule has 0 saturated carbocycles. The van der Waals surface area contributed by atoms with E-state index in [0.717, 1.165) is 0 Å². The lowest BCUT2D eigenvalue weighted by Crippen LogP contribution is -2.40. The van der Waals surface area contributed by atoms with Gasteiger partial charge in [-0.05, 0) is 31.5 Å². The second-order valence-corrected chi connectivity index (χ2v) is 6.64. The number of fused-ring (bicyclic) bond motifs is 1. The number of ether oxygens (including phenoxy) is 2. The third-order valence-electron chi connectivity index (χ3n) is 3.35. The first kappa shape index (κ1) is 16.6. The van der Waals surface area contributed by atoms with Crippen LogP contribution in [0.3, 0.4) is 0 Å². The highest BCUT2D eigenvalue weighted by Gasteiger charge is 2.18. The van der Waals surface area contributed by atoms with E-state index in [4.69, 9.17) is 9.47 Å². The number of rotatable bonds is 7. The zero-order valence-corrected chi connectivity index (χ0v) is 13.5. The van der Waals surface area contributed by atoms with Crippen molar-refractivity contribution in [3.63, 3.8) is 0 Å². The number of nitrogens with one attached hydrogen (secondary N) is 1. The molecule has 1 amide bonds. The lowest BCUT2D eigenvalue weighted by molar-refractivity contribution is -0.129. The number of carbonyl (C=O) groups excluding carboxylic acids is 1. The summed E-state index contributed by atoms with van der Waals surface area (Å²) in [4.78, 5) is 13.4. The van der Waals surface area contributed by atoms with E-state index < -0.39 is 10.0 Å². The van der Waals surface area contributed by atoms with Crippen molar-refractivity contribution in [1.29, 1.82) is 0 Å². The minimum absolute atomic E-state index is 0.141. The van der Waals surface area contributed by atoms with Crippen LogP contribution in [0.5, 0.6) is 11.5 Å². The molecule has 1 aromatic rings. The zero-order valence-electron chi connectivity index (χ0n) is 12.7. The van der Waals surface area contributed by atoms with Crippen molar-refractivity contribution in [3.05, 3.63) is 23.8 Å². The fourth-order valence-electron chi connectivity index (χ4n) is 2.16. The molecule has 2 rings (SSSR count). The molecule has 8 heteroatoms. The maximum Gasteiger partial charge on any atom is 0.237 e. The Kier molecular flexibility index (Phi) is 5.25. The summed E-state index contributed by atoms with van der Waals surface area (Å²) in [5.74, 6) is 0.687. The molecule has 0 aromatic heterocycles. The van der Waals surface area contributed by atoms with Gasteiger partial charge >= 0.3 is 0 Å². The van der Waals surface area contributed by atoms with E-state index >= 15 is 0 Å². The van der Waals surface area contributed by atoms with Crippen LogP contribution in [0.25, 0.3) is 0 Å². The molecule has 0 saturated heterocycles. The second kappa shape index (κ2) is 6.97. The number of nitrogens with zero attached hydrogens (tertiary/aromatic N) is 1. The third kappa shape index (κ3) is 4.11. The molecule has 0 aliphatic carbocycles. The summed E-state index contributed by atoms with van der Waals surface area (Å²) in [6.07, 6.45) is 0. The van der Waals surface area contributed by atoms with E-state index in [0.29, 0.717) is 30.2 Å².